The van der Waals surface area contributed by atoms with Gasteiger partial charge in [-0.3, -0.25) is 0 Å². The summed E-state index contributed by atoms with van der Waals surface area (Å²) in [6.07, 6.45) is 4.02. The predicted molar refractivity (Wildman–Crippen MR) is 103 cm³/mol. The lowest BCUT2D eigenvalue weighted by Gasteiger charge is -2.41. The third kappa shape index (κ3) is 6.03. The van der Waals surface area contributed by atoms with Crippen LogP contribution in [0.2, 0.25) is 0 Å². The van der Waals surface area contributed by atoms with Gasteiger partial charge in [0.05, 0.1) is 0 Å². The third-order valence-electron chi connectivity index (χ3n) is 4.88. The molecule has 1 N–H and O–H groups in total. The first-order valence-corrected chi connectivity index (χ1v) is 9.59. The molecule has 0 aliphatic carbocycles. The molecule has 1 amide bonds. The topological polar surface area (TPSA) is 41.6 Å². The highest BCUT2D eigenvalue weighted by Crippen LogP contribution is 2.22. The van der Waals surface area contributed by atoms with Crippen LogP contribution in [-0.4, -0.2) is 41.3 Å². The molecule has 1 saturated heterocycles. The number of hydrogen-bond donors (Lipinski definition) is 1. The van der Waals surface area contributed by atoms with E-state index < -0.39 is 5.60 Å². The van der Waals surface area contributed by atoms with E-state index in [0.717, 1.165) is 32.2 Å². The van der Waals surface area contributed by atoms with E-state index >= 15 is 0 Å². The van der Waals surface area contributed by atoms with Gasteiger partial charge in [0.25, 0.3) is 0 Å². The maximum atomic E-state index is 12.5. The first-order chi connectivity index (χ1) is 11.8. The number of amides is 1. The molecule has 1 aliphatic heterocycles. The van der Waals surface area contributed by atoms with Gasteiger partial charge in [-0.2, -0.15) is 0 Å². The Balaban J connectivity index is 1.97. The molecule has 140 valence electrons. The molecule has 2 rings (SSSR count). The second-order valence-electron chi connectivity index (χ2n) is 8.12. The predicted octanol–water partition coefficient (Wildman–Crippen LogP) is 4.39. The van der Waals surface area contributed by atoms with Gasteiger partial charge in [0.2, 0.25) is 0 Å². The van der Waals surface area contributed by atoms with Crippen molar-refractivity contribution in [2.45, 2.75) is 84.0 Å². The highest BCUT2D eigenvalue weighted by atomic mass is 16.6. The first kappa shape index (κ1) is 19.8. The molecule has 3 atom stereocenters. The van der Waals surface area contributed by atoms with Crippen LogP contribution in [0.5, 0.6) is 0 Å². The number of benzene rings is 1. The molecule has 1 fully saturated rings. The standard InChI is InChI=1S/C21H34N2O2/c1-6-18(15-17-11-8-7-9-12-17)22-19-13-10-14-23(16(19)2)20(24)25-21(3,4)5/h7-9,11-12,16,18-19,22H,6,10,13-15H2,1-5H3. The summed E-state index contributed by atoms with van der Waals surface area (Å²) in [5, 5.41) is 3.80. The number of hydrogen-bond acceptors (Lipinski definition) is 3. The summed E-state index contributed by atoms with van der Waals surface area (Å²) < 4.78 is 5.58. The zero-order valence-corrected chi connectivity index (χ0v) is 16.4. The first-order valence-electron chi connectivity index (χ1n) is 9.59. The molecular formula is C21H34N2O2. The van der Waals surface area contributed by atoms with Crippen LogP contribution >= 0.6 is 0 Å². The van der Waals surface area contributed by atoms with Crippen molar-refractivity contribution in [1.29, 1.82) is 0 Å². The van der Waals surface area contributed by atoms with E-state index in [9.17, 15) is 4.79 Å². The molecule has 0 aromatic heterocycles. The number of carbonyl (C=O) groups excluding carboxylic acids is 1. The molecule has 1 heterocycles. The van der Waals surface area contributed by atoms with Crippen LogP contribution in [-0.2, 0) is 11.2 Å². The molecule has 4 nitrogen and oxygen atoms in total. The van der Waals surface area contributed by atoms with Crippen molar-refractivity contribution in [2.75, 3.05) is 6.54 Å². The minimum atomic E-state index is -0.448. The molecule has 25 heavy (non-hydrogen) atoms. The highest BCUT2D eigenvalue weighted by Gasteiger charge is 2.34. The van der Waals surface area contributed by atoms with Crippen LogP contribution in [0.3, 0.4) is 0 Å². The highest BCUT2D eigenvalue weighted by molar-refractivity contribution is 5.68. The van der Waals surface area contributed by atoms with E-state index in [2.05, 4.69) is 49.5 Å². The Morgan fingerprint density at radius 2 is 2.00 bits per heavy atom. The number of carbonyl (C=O) groups is 1. The average Bonchev–Trinajstić information content (AvgIpc) is 2.55. The van der Waals surface area contributed by atoms with Gasteiger partial charge in [-0.1, -0.05) is 37.3 Å². The lowest BCUT2D eigenvalue weighted by Crippen LogP contribution is -2.57. The fourth-order valence-electron chi connectivity index (χ4n) is 3.47. The Morgan fingerprint density at radius 1 is 1.32 bits per heavy atom. The van der Waals surface area contributed by atoms with Gasteiger partial charge >= 0.3 is 6.09 Å². The maximum absolute atomic E-state index is 12.5. The van der Waals surface area contributed by atoms with Crippen LogP contribution in [0.1, 0.15) is 59.4 Å². The van der Waals surface area contributed by atoms with E-state index in [1.54, 1.807) is 0 Å². The zero-order valence-electron chi connectivity index (χ0n) is 16.4. The molecule has 0 saturated carbocycles. The average molecular weight is 347 g/mol. The molecule has 4 heteroatoms. The fourth-order valence-corrected chi connectivity index (χ4v) is 3.47. The van der Waals surface area contributed by atoms with E-state index in [-0.39, 0.29) is 12.1 Å². The number of nitrogens with zero attached hydrogens (tertiary/aromatic N) is 1. The van der Waals surface area contributed by atoms with E-state index in [0.29, 0.717) is 12.1 Å². The third-order valence-corrected chi connectivity index (χ3v) is 4.88. The Bertz CT molecular complexity index is 539. The largest absolute Gasteiger partial charge is 0.444 e. The van der Waals surface area contributed by atoms with Gasteiger partial charge in [-0.05, 0) is 58.9 Å². The number of rotatable bonds is 5. The second-order valence-corrected chi connectivity index (χ2v) is 8.12. The molecule has 0 spiro atoms. The molecule has 1 aromatic rings. The summed E-state index contributed by atoms with van der Waals surface area (Å²) in [6.45, 7) is 10.9. The zero-order chi connectivity index (χ0) is 18.4. The van der Waals surface area contributed by atoms with Crippen LogP contribution in [0.4, 0.5) is 4.79 Å². The lowest BCUT2D eigenvalue weighted by atomic mass is 9.95. The van der Waals surface area contributed by atoms with Crippen molar-refractivity contribution in [3.63, 3.8) is 0 Å². The Hall–Kier alpha value is -1.55. The van der Waals surface area contributed by atoms with Crippen LogP contribution in [0.15, 0.2) is 30.3 Å². The van der Waals surface area contributed by atoms with E-state index in [1.807, 2.05) is 25.7 Å². The van der Waals surface area contributed by atoms with Crippen molar-refractivity contribution in [3.05, 3.63) is 35.9 Å². The maximum Gasteiger partial charge on any atom is 0.410 e. The van der Waals surface area contributed by atoms with E-state index in [1.165, 1.54) is 5.56 Å². The Labute approximate surface area is 152 Å². The minimum absolute atomic E-state index is 0.147. The van der Waals surface area contributed by atoms with Gasteiger partial charge in [0, 0.05) is 24.7 Å². The quantitative estimate of drug-likeness (QED) is 0.860. The molecule has 1 aromatic carbocycles. The van der Waals surface area contributed by atoms with Crippen LogP contribution in [0.25, 0.3) is 0 Å². The fraction of sp³-hybridized carbons (Fsp3) is 0.667. The van der Waals surface area contributed by atoms with Crippen LogP contribution < -0.4 is 5.32 Å². The number of likely N-dealkylation sites (tertiary alicyclic amines) is 1. The summed E-state index contributed by atoms with van der Waals surface area (Å²) in [5.74, 6) is 0. The molecule has 0 radical (unpaired) electrons. The van der Waals surface area contributed by atoms with E-state index in [4.69, 9.17) is 4.74 Å². The SMILES string of the molecule is CCC(Cc1ccccc1)NC1CCCN(C(=O)OC(C)(C)C)C1C. The van der Waals surface area contributed by atoms with Crippen molar-refractivity contribution in [1.82, 2.24) is 10.2 Å². The molecule has 0 bridgehead atoms. The van der Waals surface area contributed by atoms with Gasteiger partial charge in [0.1, 0.15) is 5.60 Å². The monoisotopic (exact) mass is 346 g/mol. The summed E-state index contributed by atoms with van der Waals surface area (Å²) in [7, 11) is 0. The summed E-state index contributed by atoms with van der Waals surface area (Å²) in [6, 6.07) is 11.5. The van der Waals surface area contributed by atoms with Gasteiger partial charge in [-0.25, -0.2) is 4.79 Å². The summed E-state index contributed by atoms with van der Waals surface area (Å²) in [5.41, 5.74) is 0.908. The normalized spacial score (nSPS) is 22.5. The van der Waals surface area contributed by atoms with Crippen molar-refractivity contribution in [3.8, 4) is 0 Å². The van der Waals surface area contributed by atoms with Gasteiger partial charge in [-0.15, -0.1) is 0 Å². The summed E-state index contributed by atoms with van der Waals surface area (Å²) >= 11 is 0. The molecule has 3 unspecified atom stereocenters. The van der Waals surface area contributed by atoms with Crippen molar-refractivity contribution >= 4 is 6.09 Å². The molecule has 1 aliphatic rings. The Morgan fingerprint density at radius 3 is 2.60 bits per heavy atom. The minimum Gasteiger partial charge on any atom is -0.444 e. The number of nitrogens with one attached hydrogen (secondary N) is 1. The van der Waals surface area contributed by atoms with Crippen molar-refractivity contribution in [2.24, 2.45) is 0 Å². The summed E-state index contributed by atoms with van der Waals surface area (Å²) in [4.78, 5) is 14.4. The van der Waals surface area contributed by atoms with Crippen LogP contribution in [0, 0.1) is 0 Å². The molecular weight excluding hydrogens is 312 g/mol. The lowest BCUT2D eigenvalue weighted by molar-refractivity contribution is 0.00627. The van der Waals surface area contributed by atoms with Gasteiger partial charge < -0.3 is 15.0 Å². The smallest absolute Gasteiger partial charge is 0.410 e. The number of ether oxygens (including phenoxy) is 1. The Kier molecular flexibility index (Phi) is 6.88. The second kappa shape index (κ2) is 8.70. The number of piperidine rings is 1. The van der Waals surface area contributed by atoms with Gasteiger partial charge in [0.15, 0.2) is 0 Å². The van der Waals surface area contributed by atoms with Crippen molar-refractivity contribution < 1.29 is 9.53 Å².